The molecule has 1 aliphatic heterocycles. The van der Waals surface area contributed by atoms with Crippen molar-refractivity contribution in [3.8, 4) is 16.9 Å². The van der Waals surface area contributed by atoms with Gasteiger partial charge >= 0.3 is 51.4 Å². The maximum absolute atomic E-state index is 11.7. The van der Waals surface area contributed by atoms with Gasteiger partial charge in [-0.3, -0.25) is 4.55 Å². The van der Waals surface area contributed by atoms with E-state index in [1.54, 1.807) is 16.2 Å². The molecule has 0 atom stereocenters. The van der Waals surface area contributed by atoms with E-state index >= 15 is 0 Å². The van der Waals surface area contributed by atoms with Gasteiger partial charge in [-0.1, -0.05) is 54.7 Å². The molecule has 0 fully saturated rings. The average Bonchev–Trinajstić information content (AvgIpc) is 3.47. The van der Waals surface area contributed by atoms with Gasteiger partial charge in [-0.2, -0.15) is 13.0 Å². The zero-order valence-electron chi connectivity index (χ0n) is 25.7. The molecule has 9 nitrogen and oxygen atoms in total. The number of benzene rings is 3. The first-order chi connectivity index (χ1) is 20.8. The van der Waals surface area contributed by atoms with Crippen molar-refractivity contribution in [2.45, 2.75) is 40.2 Å². The summed E-state index contributed by atoms with van der Waals surface area (Å²) < 4.78 is 76.3. The molecule has 0 unspecified atom stereocenters. The summed E-state index contributed by atoms with van der Waals surface area (Å²) >= 11 is 1.57. The van der Waals surface area contributed by atoms with E-state index in [4.69, 9.17) is 4.74 Å². The van der Waals surface area contributed by atoms with E-state index in [-0.39, 0.29) is 64.4 Å². The van der Waals surface area contributed by atoms with E-state index in [0.29, 0.717) is 30.3 Å². The smallest absolute Gasteiger partial charge is 0.748 e. The molecule has 0 spiro atoms. The van der Waals surface area contributed by atoms with Crippen LogP contribution in [0.15, 0.2) is 78.2 Å². The van der Waals surface area contributed by atoms with E-state index < -0.39 is 31.7 Å². The summed E-state index contributed by atoms with van der Waals surface area (Å²) in [5.41, 5.74) is 6.73. The van der Waals surface area contributed by atoms with Gasteiger partial charge in [-0.15, -0.1) is 0 Å². The van der Waals surface area contributed by atoms with Crippen molar-refractivity contribution in [2.75, 3.05) is 23.0 Å². The van der Waals surface area contributed by atoms with Crippen LogP contribution in [-0.2, 0) is 26.8 Å². The van der Waals surface area contributed by atoms with Gasteiger partial charge in [0, 0.05) is 36.9 Å². The summed E-state index contributed by atoms with van der Waals surface area (Å²) in [5.74, 6) is 0.0728. The molecule has 3 aromatic carbocycles. The molecule has 0 saturated heterocycles. The van der Waals surface area contributed by atoms with Crippen LogP contribution in [0.5, 0.6) is 5.75 Å². The number of nitrogens with zero attached hydrogens (tertiary/aromatic N) is 2. The molecule has 1 aromatic heterocycles. The molecule has 1 N–H and O–H groups in total. The Morgan fingerprint density at radius 2 is 1.71 bits per heavy atom. The summed E-state index contributed by atoms with van der Waals surface area (Å²) in [5, 5.41) is 0.883. The van der Waals surface area contributed by atoms with Gasteiger partial charge in [0.1, 0.15) is 4.70 Å². The second kappa shape index (κ2) is 14.9. The number of aryl methyl sites for hydroxylation is 3. The molecule has 1 aliphatic rings. The number of ether oxygens (including phenoxy) is 1. The normalized spacial score (nSPS) is 14.5. The minimum atomic E-state index is -4.34. The molecule has 5 rings (SSSR count). The SMILES string of the molecule is CCC(/C=C1\Oc2ccc(-c3ccccc3)cc2N1CCS(=O)(=O)O)=C\c1sc2cc(C)c(C)cc2[n+]1CCCS(=O)(=O)[O-].[K+]. The summed E-state index contributed by atoms with van der Waals surface area (Å²) in [6.45, 7) is 6.40. The minimum Gasteiger partial charge on any atom is -0.748 e. The van der Waals surface area contributed by atoms with Crippen LogP contribution in [0, 0.1) is 13.8 Å². The third-order valence-corrected chi connectivity index (χ3v) is 10.1. The summed E-state index contributed by atoms with van der Waals surface area (Å²) in [6.07, 6.45) is 4.67. The molecule has 0 radical (unpaired) electrons. The van der Waals surface area contributed by atoms with Crippen molar-refractivity contribution in [1.82, 2.24) is 0 Å². The average molecular weight is 694 g/mol. The predicted molar refractivity (Wildman–Crippen MR) is 173 cm³/mol. The van der Waals surface area contributed by atoms with Crippen molar-refractivity contribution in [1.29, 1.82) is 0 Å². The molecule has 0 saturated carbocycles. The second-order valence-electron chi connectivity index (χ2n) is 10.8. The maximum atomic E-state index is 11.7. The zero-order valence-corrected chi connectivity index (χ0v) is 31.3. The number of fused-ring (bicyclic) bond motifs is 2. The van der Waals surface area contributed by atoms with Crippen molar-refractivity contribution in [3.63, 3.8) is 0 Å². The molecule has 0 bridgehead atoms. The number of aromatic nitrogens is 1. The number of allylic oxidation sites excluding steroid dienone is 2. The fraction of sp³-hybridized carbons (Fsp3) is 0.281. The van der Waals surface area contributed by atoms with Crippen LogP contribution in [0.1, 0.15) is 35.9 Å². The first-order valence-electron chi connectivity index (χ1n) is 14.2. The standard InChI is InChI=1S/C32H34N2O7S3.K/c1-4-24(20-32-34(13-8-15-43(35,36)37)28-17-22(2)23(3)18-30(28)42-32)19-31-33(14-16-44(38,39)40)27-21-26(11-12-29(27)41-31)25-9-6-5-7-10-25;/h5-7,9-12,17-21H,4,8,13-16H2,1-3H3,(H-,35,36,37,38,39,40);/q;+1. The van der Waals surface area contributed by atoms with Crippen LogP contribution >= 0.6 is 11.3 Å². The monoisotopic (exact) mass is 693 g/mol. The third-order valence-electron chi connectivity index (χ3n) is 7.56. The van der Waals surface area contributed by atoms with Crippen molar-refractivity contribution in [2.24, 2.45) is 0 Å². The van der Waals surface area contributed by atoms with Crippen LogP contribution in [-0.4, -0.2) is 44.0 Å². The molecule has 13 heteroatoms. The zero-order chi connectivity index (χ0) is 31.6. The van der Waals surface area contributed by atoms with Gasteiger partial charge in [0.2, 0.25) is 11.4 Å². The van der Waals surface area contributed by atoms with Gasteiger partial charge in [0.25, 0.3) is 15.1 Å². The van der Waals surface area contributed by atoms with Crippen LogP contribution < -0.4 is 65.6 Å². The Hall–Kier alpha value is -1.91. The van der Waals surface area contributed by atoms with Crippen molar-refractivity contribution in [3.05, 3.63) is 94.3 Å². The number of anilines is 1. The fourth-order valence-corrected chi connectivity index (χ4v) is 7.25. The van der Waals surface area contributed by atoms with Crippen LogP contribution in [0.2, 0.25) is 0 Å². The predicted octanol–water partition coefficient (Wildman–Crippen LogP) is 2.83. The molecule has 0 amide bonds. The minimum absolute atomic E-state index is 0. The van der Waals surface area contributed by atoms with E-state index in [1.807, 2.05) is 86.0 Å². The van der Waals surface area contributed by atoms with E-state index in [1.165, 1.54) is 0 Å². The van der Waals surface area contributed by atoms with Gasteiger partial charge in [0.05, 0.1) is 21.6 Å². The molecule has 232 valence electrons. The van der Waals surface area contributed by atoms with Gasteiger partial charge in [-0.25, -0.2) is 8.42 Å². The third kappa shape index (κ3) is 9.13. The summed E-state index contributed by atoms with van der Waals surface area (Å²) in [7, 11) is -8.57. The molecule has 4 aromatic rings. The molecular weight excluding hydrogens is 660 g/mol. The fourth-order valence-electron chi connectivity index (χ4n) is 5.11. The largest absolute Gasteiger partial charge is 1.00 e. The van der Waals surface area contributed by atoms with Crippen molar-refractivity contribution < 1.29 is 86.6 Å². The van der Waals surface area contributed by atoms with Crippen molar-refractivity contribution >= 4 is 53.6 Å². The maximum Gasteiger partial charge on any atom is 1.00 e. The molecule has 45 heavy (non-hydrogen) atoms. The molecular formula is C32H34KN2O7S3+. The molecule has 2 heterocycles. The van der Waals surface area contributed by atoms with Crippen LogP contribution in [0.25, 0.3) is 27.4 Å². The number of hydrogen-bond acceptors (Lipinski definition) is 8. The Balaban J connectivity index is 0.00000461. The Morgan fingerprint density at radius 3 is 2.38 bits per heavy atom. The quantitative estimate of drug-likeness (QED) is 0.144. The van der Waals surface area contributed by atoms with Gasteiger partial charge < -0.3 is 14.2 Å². The van der Waals surface area contributed by atoms with Gasteiger partial charge in [-0.05, 0) is 66.3 Å². The Bertz CT molecular complexity index is 1990. The Morgan fingerprint density at radius 1 is 1.00 bits per heavy atom. The van der Waals surface area contributed by atoms with E-state index in [0.717, 1.165) is 43.1 Å². The van der Waals surface area contributed by atoms with Crippen LogP contribution in [0.3, 0.4) is 0 Å². The van der Waals surface area contributed by atoms with E-state index in [2.05, 4.69) is 12.1 Å². The summed E-state index contributed by atoms with van der Waals surface area (Å²) in [6, 6.07) is 19.7. The number of rotatable bonds is 11. The number of thiazole rings is 1. The van der Waals surface area contributed by atoms with Gasteiger partial charge in [0.15, 0.2) is 12.3 Å². The van der Waals surface area contributed by atoms with E-state index in [9.17, 15) is 25.9 Å². The number of hydrogen-bond donors (Lipinski definition) is 1. The summed E-state index contributed by atoms with van der Waals surface area (Å²) in [4.78, 5) is 1.75. The first-order valence-corrected chi connectivity index (χ1v) is 18.2. The second-order valence-corrected chi connectivity index (χ2v) is 14.9. The Kier molecular flexibility index (Phi) is 11.9. The van der Waals surface area contributed by atoms with Crippen LogP contribution in [0.4, 0.5) is 5.69 Å². The topological polar surface area (TPSA) is 128 Å². The Labute approximate surface area is 311 Å². The molecule has 0 aliphatic carbocycles. The first kappa shape index (κ1) is 35.9.